The molecule has 0 unspecified atom stereocenters. The van der Waals surface area contributed by atoms with Gasteiger partial charge in [0.15, 0.2) is 5.78 Å². The lowest BCUT2D eigenvalue weighted by atomic mass is 9.87. The van der Waals surface area contributed by atoms with Crippen LogP contribution in [0.1, 0.15) is 32.7 Å². The highest BCUT2D eigenvalue weighted by atomic mass is 16.1. The summed E-state index contributed by atoms with van der Waals surface area (Å²) in [6.07, 6.45) is 1.92. The molecule has 1 aromatic heterocycles. The Balaban J connectivity index is 1.88. The highest BCUT2D eigenvalue weighted by molar-refractivity contribution is 6.11. The molecule has 0 amide bonds. The summed E-state index contributed by atoms with van der Waals surface area (Å²) in [4.78, 5) is 16.3. The van der Waals surface area contributed by atoms with Crippen LogP contribution in [0.4, 0.5) is 0 Å². The van der Waals surface area contributed by atoms with Crippen LogP contribution in [0.25, 0.3) is 11.3 Å². The van der Waals surface area contributed by atoms with Crippen molar-refractivity contribution in [3.63, 3.8) is 0 Å². The summed E-state index contributed by atoms with van der Waals surface area (Å²) in [5.41, 5.74) is 7.47. The minimum Gasteiger partial charge on any atom is -0.358 e. The van der Waals surface area contributed by atoms with Gasteiger partial charge < -0.3 is 4.98 Å². The second-order valence-corrected chi connectivity index (χ2v) is 5.83. The van der Waals surface area contributed by atoms with Crippen molar-refractivity contribution in [3.8, 4) is 11.3 Å². The van der Waals surface area contributed by atoms with Crippen LogP contribution in [0.5, 0.6) is 0 Å². The average Bonchev–Trinajstić information content (AvgIpc) is 2.91. The van der Waals surface area contributed by atoms with Gasteiger partial charge in [-0.2, -0.15) is 0 Å². The Labute approximate surface area is 129 Å². The minimum atomic E-state index is 0.120. The van der Waals surface area contributed by atoms with Crippen LogP contribution in [0, 0.1) is 6.92 Å². The number of carbonyl (C=O) groups is 1. The molecule has 1 N–H and O–H groups in total. The lowest BCUT2D eigenvalue weighted by Crippen LogP contribution is -2.09. The van der Waals surface area contributed by atoms with Crippen molar-refractivity contribution in [2.75, 3.05) is 0 Å². The third-order valence-electron chi connectivity index (χ3n) is 4.49. The molecule has 2 nitrogen and oxygen atoms in total. The third kappa shape index (κ3) is 1.92. The van der Waals surface area contributed by atoms with Crippen molar-refractivity contribution < 1.29 is 4.79 Å². The van der Waals surface area contributed by atoms with Gasteiger partial charge in [-0.1, -0.05) is 54.6 Å². The quantitative estimate of drug-likeness (QED) is 0.700. The van der Waals surface area contributed by atoms with Crippen molar-refractivity contribution in [2.24, 2.45) is 0 Å². The molecule has 0 spiro atoms. The van der Waals surface area contributed by atoms with Gasteiger partial charge in [0.2, 0.25) is 0 Å². The van der Waals surface area contributed by atoms with Crippen molar-refractivity contribution >= 4 is 5.78 Å². The van der Waals surface area contributed by atoms with Crippen molar-refractivity contribution in [1.82, 2.24) is 4.98 Å². The number of nitrogens with one attached hydrogen (secondary N) is 1. The second kappa shape index (κ2) is 4.99. The zero-order valence-electron chi connectivity index (χ0n) is 12.5. The molecule has 0 saturated carbocycles. The standard InChI is InChI=1S/C20H17NO/c1-13-18(20(22)15-8-3-2-4-9-15)17-12-11-14-7-5-6-10-16(14)19(17)21-13/h2-10,21H,11-12H2,1H3. The molecule has 0 bridgehead atoms. The summed E-state index contributed by atoms with van der Waals surface area (Å²) in [5.74, 6) is 0.120. The Morgan fingerprint density at radius 2 is 1.68 bits per heavy atom. The molecule has 0 radical (unpaired) electrons. The maximum absolute atomic E-state index is 12.9. The third-order valence-corrected chi connectivity index (χ3v) is 4.49. The molecule has 0 fully saturated rings. The predicted molar refractivity (Wildman–Crippen MR) is 88.2 cm³/mol. The molecule has 1 heterocycles. The maximum atomic E-state index is 12.9. The van der Waals surface area contributed by atoms with Gasteiger partial charge in [-0.05, 0) is 30.9 Å². The Morgan fingerprint density at radius 3 is 2.50 bits per heavy atom. The second-order valence-electron chi connectivity index (χ2n) is 5.83. The number of aromatic amines is 1. The monoisotopic (exact) mass is 287 g/mol. The highest BCUT2D eigenvalue weighted by Crippen LogP contribution is 2.36. The number of aryl methyl sites for hydroxylation is 2. The van der Waals surface area contributed by atoms with Gasteiger partial charge in [-0.15, -0.1) is 0 Å². The molecular weight excluding hydrogens is 270 g/mol. The molecule has 0 aliphatic heterocycles. The van der Waals surface area contributed by atoms with Crippen LogP contribution < -0.4 is 0 Å². The van der Waals surface area contributed by atoms with E-state index < -0.39 is 0 Å². The van der Waals surface area contributed by atoms with E-state index in [9.17, 15) is 4.79 Å². The molecule has 4 rings (SSSR count). The van der Waals surface area contributed by atoms with Crippen LogP contribution in [0.3, 0.4) is 0 Å². The predicted octanol–water partition coefficient (Wildman–Crippen LogP) is 4.32. The van der Waals surface area contributed by atoms with Gasteiger partial charge in [0.1, 0.15) is 0 Å². The first-order valence-corrected chi connectivity index (χ1v) is 7.65. The molecular formula is C20H17NO. The van der Waals surface area contributed by atoms with Crippen molar-refractivity contribution in [3.05, 3.63) is 82.5 Å². The first-order valence-electron chi connectivity index (χ1n) is 7.65. The summed E-state index contributed by atoms with van der Waals surface area (Å²) in [6, 6.07) is 18.0. The van der Waals surface area contributed by atoms with E-state index in [1.54, 1.807) is 0 Å². The van der Waals surface area contributed by atoms with Gasteiger partial charge in [-0.25, -0.2) is 0 Å². The molecule has 22 heavy (non-hydrogen) atoms. The summed E-state index contributed by atoms with van der Waals surface area (Å²) >= 11 is 0. The van der Waals surface area contributed by atoms with E-state index in [2.05, 4.69) is 29.2 Å². The van der Waals surface area contributed by atoms with E-state index >= 15 is 0 Å². The van der Waals surface area contributed by atoms with Crippen LogP contribution in [-0.4, -0.2) is 10.8 Å². The Hall–Kier alpha value is -2.61. The first kappa shape index (κ1) is 13.1. The number of benzene rings is 2. The number of hydrogen-bond donors (Lipinski definition) is 1. The zero-order valence-corrected chi connectivity index (χ0v) is 12.5. The SMILES string of the molecule is Cc1[nH]c2c(c1C(=O)c1ccccc1)CCc1ccccc1-2. The zero-order chi connectivity index (χ0) is 15.1. The summed E-state index contributed by atoms with van der Waals surface area (Å²) < 4.78 is 0. The largest absolute Gasteiger partial charge is 0.358 e. The summed E-state index contributed by atoms with van der Waals surface area (Å²) in [5, 5.41) is 0. The molecule has 0 atom stereocenters. The maximum Gasteiger partial charge on any atom is 0.195 e. The van der Waals surface area contributed by atoms with Crippen molar-refractivity contribution in [2.45, 2.75) is 19.8 Å². The fourth-order valence-electron chi connectivity index (χ4n) is 3.44. The van der Waals surface area contributed by atoms with Crippen LogP contribution in [0.15, 0.2) is 54.6 Å². The van der Waals surface area contributed by atoms with Crippen LogP contribution in [0.2, 0.25) is 0 Å². The molecule has 0 saturated heterocycles. The van der Waals surface area contributed by atoms with E-state index in [1.165, 1.54) is 16.7 Å². The van der Waals surface area contributed by atoms with Crippen LogP contribution >= 0.6 is 0 Å². The number of fused-ring (bicyclic) bond motifs is 3. The lowest BCUT2D eigenvalue weighted by molar-refractivity contribution is 0.103. The van der Waals surface area contributed by atoms with Crippen molar-refractivity contribution in [1.29, 1.82) is 0 Å². The Kier molecular flexibility index (Phi) is 2.97. The summed E-state index contributed by atoms with van der Waals surface area (Å²) in [7, 11) is 0. The van der Waals surface area contributed by atoms with Gasteiger partial charge in [0.25, 0.3) is 0 Å². The van der Waals surface area contributed by atoms with E-state index in [0.29, 0.717) is 0 Å². The molecule has 3 aromatic rings. The number of ketones is 1. The number of hydrogen-bond acceptors (Lipinski definition) is 1. The van der Waals surface area contributed by atoms with Crippen LogP contribution in [-0.2, 0) is 12.8 Å². The number of carbonyl (C=O) groups excluding carboxylic acids is 1. The van der Waals surface area contributed by atoms with E-state index in [4.69, 9.17) is 0 Å². The fourth-order valence-corrected chi connectivity index (χ4v) is 3.44. The topological polar surface area (TPSA) is 32.9 Å². The number of rotatable bonds is 2. The molecule has 1 aliphatic rings. The smallest absolute Gasteiger partial charge is 0.195 e. The molecule has 1 aliphatic carbocycles. The van der Waals surface area contributed by atoms with Gasteiger partial charge in [0.05, 0.1) is 0 Å². The Morgan fingerprint density at radius 1 is 0.955 bits per heavy atom. The van der Waals surface area contributed by atoms with Gasteiger partial charge >= 0.3 is 0 Å². The fraction of sp³-hybridized carbons (Fsp3) is 0.150. The van der Waals surface area contributed by atoms with E-state index in [0.717, 1.165) is 35.4 Å². The number of H-pyrrole nitrogens is 1. The number of aromatic nitrogens is 1. The molecule has 2 aromatic carbocycles. The first-order chi connectivity index (χ1) is 10.8. The van der Waals surface area contributed by atoms with E-state index in [-0.39, 0.29) is 5.78 Å². The summed E-state index contributed by atoms with van der Waals surface area (Å²) in [6.45, 7) is 2.00. The Bertz CT molecular complexity index is 859. The van der Waals surface area contributed by atoms with E-state index in [1.807, 2.05) is 37.3 Å². The molecule has 108 valence electrons. The normalized spacial score (nSPS) is 12.6. The minimum absolute atomic E-state index is 0.120. The van der Waals surface area contributed by atoms with Gasteiger partial charge in [0, 0.05) is 28.1 Å². The highest BCUT2D eigenvalue weighted by Gasteiger charge is 2.26. The van der Waals surface area contributed by atoms with Gasteiger partial charge in [-0.3, -0.25) is 4.79 Å². The average molecular weight is 287 g/mol. The lowest BCUT2D eigenvalue weighted by Gasteiger charge is -2.17. The molecule has 2 heteroatoms.